The molecule has 5 nitrogen and oxygen atoms in total. The van der Waals surface area contributed by atoms with Crippen molar-refractivity contribution >= 4 is 19.4 Å². The molecule has 2 rings (SSSR count). The summed E-state index contributed by atoms with van der Waals surface area (Å²) in [5, 5.41) is 0.925. The zero-order valence-electron chi connectivity index (χ0n) is 16.9. The van der Waals surface area contributed by atoms with Gasteiger partial charge < -0.3 is 20.4 Å². The fourth-order valence-electron chi connectivity index (χ4n) is 2.28. The van der Waals surface area contributed by atoms with Gasteiger partial charge in [0, 0.05) is 12.1 Å². The third-order valence-corrected chi connectivity index (χ3v) is 4.63. The van der Waals surface area contributed by atoms with Gasteiger partial charge in [0.1, 0.15) is 28.6 Å². The molecule has 0 spiro atoms. The molecule has 0 amide bonds. The second kappa shape index (κ2) is 11.1. The van der Waals surface area contributed by atoms with Crippen LogP contribution in [0.1, 0.15) is 25.1 Å². The molecular weight excluding hydrogens is 346 g/mol. The Hall–Kier alpha value is -1.66. The van der Waals surface area contributed by atoms with E-state index in [-0.39, 0.29) is 34.4 Å². The number of carbonyl (C=O) groups is 1. The van der Waals surface area contributed by atoms with Crippen LogP contribution >= 0.6 is 8.58 Å². The van der Waals surface area contributed by atoms with Gasteiger partial charge in [-0.25, -0.2) is 0 Å². The Morgan fingerprint density at radius 2 is 1.54 bits per heavy atom. The molecule has 0 radical (unpaired) electrons. The SMILES string of the molecule is CCCOc1ccc(PC(=O)c2c(OC)cc(OC)cc2OC)cc1.[H-].[Li+]. The summed E-state index contributed by atoms with van der Waals surface area (Å²) in [6.45, 7) is 2.74. The van der Waals surface area contributed by atoms with Crippen LogP contribution < -0.4 is 43.1 Å². The second-order valence-corrected chi connectivity index (χ2v) is 6.52. The maximum atomic E-state index is 12.8. The van der Waals surface area contributed by atoms with Crippen molar-refractivity contribution < 1.29 is 44.0 Å². The average molecular weight is 370 g/mol. The van der Waals surface area contributed by atoms with Crippen molar-refractivity contribution in [2.24, 2.45) is 0 Å². The van der Waals surface area contributed by atoms with Crippen molar-refractivity contribution in [1.82, 2.24) is 0 Å². The Kier molecular flexibility index (Phi) is 9.58. The summed E-state index contributed by atoms with van der Waals surface area (Å²) in [7, 11) is 4.55. The Balaban J connectivity index is 0.00000338. The standard InChI is InChI=1S/C19H23O5P.Li.H/c1-5-10-24-13-6-8-15(9-7-13)25-19(20)18-16(22-3)11-14(21-2)12-17(18)23-4;;/h6-9,11-12,25H,5,10H2,1-4H3;;/q;+1;-1. The van der Waals surface area contributed by atoms with Gasteiger partial charge in [-0.15, -0.1) is 0 Å². The fraction of sp³-hybridized carbons (Fsp3) is 0.316. The molecule has 0 saturated heterocycles. The molecule has 2 aromatic carbocycles. The van der Waals surface area contributed by atoms with E-state index in [9.17, 15) is 4.79 Å². The molecule has 0 aliphatic heterocycles. The van der Waals surface area contributed by atoms with E-state index in [0.29, 0.717) is 29.4 Å². The summed E-state index contributed by atoms with van der Waals surface area (Å²) in [5.41, 5.74) is 0.369. The zero-order chi connectivity index (χ0) is 18.2. The van der Waals surface area contributed by atoms with Crippen LogP contribution in [0.25, 0.3) is 0 Å². The first-order valence-corrected chi connectivity index (χ1v) is 8.97. The average Bonchev–Trinajstić information content (AvgIpc) is 2.66. The summed E-state index contributed by atoms with van der Waals surface area (Å²) in [4.78, 5) is 12.8. The van der Waals surface area contributed by atoms with Crippen molar-refractivity contribution in [3.05, 3.63) is 42.0 Å². The van der Waals surface area contributed by atoms with Crippen LogP contribution in [0.4, 0.5) is 0 Å². The van der Waals surface area contributed by atoms with E-state index in [2.05, 4.69) is 6.92 Å². The van der Waals surface area contributed by atoms with Gasteiger partial charge in [-0.2, -0.15) is 0 Å². The van der Waals surface area contributed by atoms with Crippen LogP contribution in [0.2, 0.25) is 0 Å². The van der Waals surface area contributed by atoms with E-state index < -0.39 is 0 Å². The zero-order valence-corrected chi connectivity index (χ0v) is 16.9. The molecule has 7 heteroatoms. The molecule has 26 heavy (non-hydrogen) atoms. The number of rotatable bonds is 9. The molecule has 0 fully saturated rings. The Bertz CT molecular complexity index is 700. The number of ether oxygens (including phenoxy) is 4. The first kappa shape index (κ1) is 22.4. The van der Waals surface area contributed by atoms with Gasteiger partial charge >= 0.3 is 18.9 Å². The van der Waals surface area contributed by atoms with Crippen molar-refractivity contribution in [2.75, 3.05) is 27.9 Å². The molecule has 0 aliphatic rings. The van der Waals surface area contributed by atoms with E-state index in [0.717, 1.165) is 17.5 Å². The van der Waals surface area contributed by atoms with Gasteiger partial charge in [-0.3, -0.25) is 4.79 Å². The van der Waals surface area contributed by atoms with Gasteiger partial charge in [0.15, 0.2) is 5.52 Å². The van der Waals surface area contributed by atoms with E-state index >= 15 is 0 Å². The smallest absolute Gasteiger partial charge is 1.00 e. The first-order valence-electron chi connectivity index (χ1n) is 7.97. The molecule has 0 heterocycles. The van der Waals surface area contributed by atoms with Crippen LogP contribution in [0, 0.1) is 0 Å². The van der Waals surface area contributed by atoms with Crippen molar-refractivity contribution in [3.63, 3.8) is 0 Å². The normalized spacial score (nSPS) is 10.3. The predicted molar refractivity (Wildman–Crippen MR) is 102 cm³/mol. The van der Waals surface area contributed by atoms with Crippen molar-refractivity contribution in [2.45, 2.75) is 13.3 Å². The van der Waals surface area contributed by atoms with Gasteiger partial charge in [0.05, 0.1) is 27.9 Å². The molecule has 136 valence electrons. The van der Waals surface area contributed by atoms with Gasteiger partial charge in [0.2, 0.25) is 0 Å². The summed E-state index contributed by atoms with van der Waals surface area (Å²) in [6, 6.07) is 10.9. The molecule has 0 aliphatic carbocycles. The van der Waals surface area contributed by atoms with E-state index in [1.165, 1.54) is 14.2 Å². The summed E-state index contributed by atoms with van der Waals surface area (Å²) in [6.07, 6.45) is 0.957. The largest absolute Gasteiger partial charge is 1.00 e. The summed E-state index contributed by atoms with van der Waals surface area (Å²) in [5.74, 6) is 2.27. The molecule has 1 atom stereocenters. The number of hydrogen-bond acceptors (Lipinski definition) is 5. The van der Waals surface area contributed by atoms with Crippen LogP contribution in [0.3, 0.4) is 0 Å². The Morgan fingerprint density at radius 3 is 2.00 bits per heavy atom. The Morgan fingerprint density at radius 1 is 0.962 bits per heavy atom. The van der Waals surface area contributed by atoms with Crippen molar-refractivity contribution in [1.29, 1.82) is 0 Å². The Labute approximate surface area is 169 Å². The summed E-state index contributed by atoms with van der Waals surface area (Å²) >= 11 is 0. The van der Waals surface area contributed by atoms with E-state index in [1.807, 2.05) is 24.3 Å². The van der Waals surface area contributed by atoms with Gasteiger partial charge in [-0.05, 0) is 32.4 Å². The molecule has 0 saturated carbocycles. The minimum Gasteiger partial charge on any atom is -1.00 e. The van der Waals surface area contributed by atoms with Crippen LogP contribution in [0.5, 0.6) is 23.0 Å². The quantitative estimate of drug-likeness (QED) is 0.482. The number of hydrogen-bond donors (Lipinski definition) is 0. The van der Waals surface area contributed by atoms with E-state index in [4.69, 9.17) is 18.9 Å². The molecule has 2 aromatic rings. The molecule has 0 aromatic heterocycles. The van der Waals surface area contributed by atoms with Gasteiger partial charge in [0.25, 0.3) is 0 Å². The third kappa shape index (κ3) is 5.67. The second-order valence-electron chi connectivity index (χ2n) is 5.23. The minimum atomic E-state index is -0.0569. The third-order valence-electron chi connectivity index (χ3n) is 3.53. The predicted octanol–water partition coefficient (Wildman–Crippen LogP) is 0.762. The van der Waals surface area contributed by atoms with Crippen molar-refractivity contribution in [3.8, 4) is 23.0 Å². The van der Waals surface area contributed by atoms with Gasteiger partial charge in [-0.1, -0.05) is 19.1 Å². The summed E-state index contributed by atoms with van der Waals surface area (Å²) < 4.78 is 21.5. The maximum absolute atomic E-state index is 12.8. The van der Waals surface area contributed by atoms with Crippen LogP contribution in [-0.2, 0) is 0 Å². The monoisotopic (exact) mass is 370 g/mol. The molecule has 0 N–H and O–H groups in total. The van der Waals surface area contributed by atoms with E-state index in [1.54, 1.807) is 19.2 Å². The topological polar surface area (TPSA) is 54.0 Å². The molecule has 1 unspecified atom stereocenters. The number of methoxy groups -OCH3 is 3. The maximum Gasteiger partial charge on any atom is 1.00 e. The minimum absolute atomic E-state index is 0. The van der Waals surface area contributed by atoms with Crippen LogP contribution in [0.15, 0.2) is 36.4 Å². The number of carbonyl (C=O) groups excluding carboxylic acids is 1. The molecule has 0 bridgehead atoms. The first-order chi connectivity index (χ1) is 12.1. The van der Waals surface area contributed by atoms with Crippen LogP contribution in [-0.4, -0.2) is 33.5 Å². The fourth-order valence-corrected chi connectivity index (χ4v) is 3.24. The molecular formula is C19H24LiO5P. The number of benzene rings is 2.